The Hall–Kier alpha value is -2.19. The number of aromatic nitrogens is 2. The van der Waals surface area contributed by atoms with Crippen LogP contribution in [-0.4, -0.2) is 15.4 Å². The average molecular weight is 393 g/mol. The van der Waals surface area contributed by atoms with Gasteiger partial charge in [-0.3, -0.25) is 9.20 Å². The van der Waals surface area contributed by atoms with E-state index in [4.69, 9.17) is 0 Å². The van der Waals surface area contributed by atoms with Crippen molar-refractivity contribution < 1.29 is 13.2 Å². The van der Waals surface area contributed by atoms with Crippen LogP contribution in [-0.2, 0) is 12.7 Å². The number of hydrogen-bond donors (Lipinski definition) is 1. The van der Waals surface area contributed by atoms with Gasteiger partial charge in [0.2, 0.25) is 0 Å². The number of nitrogens with one attached hydrogen (secondary N) is 1. The fraction of sp³-hybridized carbons (Fsp3) is 0.368. The van der Waals surface area contributed by atoms with Crippen LogP contribution in [0.5, 0.6) is 0 Å². The van der Waals surface area contributed by atoms with Crippen LogP contribution in [0, 0.1) is 0 Å². The molecular weight excluding hydrogens is 375 g/mol. The second-order valence-electron chi connectivity index (χ2n) is 6.75. The first-order valence-corrected chi connectivity index (χ1v) is 9.67. The molecule has 2 heterocycles. The van der Waals surface area contributed by atoms with Gasteiger partial charge in [0.05, 0.1) is 11.3 Å². The third-order valence-electron chi connectivity index (χ3n) is 5.08. The predicted molar refractivity (Wildman–Crippen MR) is 98.0 cm³/mol. The van der Waals surface area contributed by atoms with E-state index in [1.54, 1.807) is 23.7 Å². The van der Waals surface area contributed by atoms with Crippen molar-refractivity contribution in [1.29, 1.82) is 0 Å². The Morgan fingerprint density at radius 3 is 2.89 bits per heavy atom. The molecule has 142 valence electrons. The fourth-order valence-electron chi connectivity index (χ4n) is 3.87. The Morgan fingerprint density at radius 1 is 1.26 bits per heavy atom. The zero-order chi connectivity index (χ0) is 19.0. The number of hydrogen-bond acceptors (Lipinski definition) is 4. The van der Waals surface area contributed by atoms with E-state index >= 15 is 0 Å². The van der Waals surface area contributed by atoms with E-state index in [2.05, 4.69) is 10.3 Å². The van der Waals surface area contributed by atoms with Crippen molar-refractivity contribution in [2.45, 2.75) is 43.9 Å². The Labute approximate surface area is 157 Å². The highest BCUT2D eigenvalue weighted by atomic mass is 32.1. The summed E-state index contributed by atoms with van der Waals surface area (Å²) < 4.78 is 41.6. The molecule has 27 heavy (non-hydrogen) atoms. The molecule has 8 heteroatoms. The van der Waals surface area contributed by atoms with Crippen molar-refractivity contribution in [1.82, 2.24) is 14.7 Å². The summed E-state index contributed by atoms with van der Waals surface area (Å²) in [7, 11) is 0. The van der Waals surface area contributed by atoms with Crippen LogP contribution in [0.4, 0.5) is 13.2 Å². The minimum absolute atomic E-state index is 0.0721. The first-order valence-electron chi connectivity index (χ1n) is 8.79. The van der Waals surface area contributed by atoms with Crippen molar-refractivity contribution in [2.24, 2.45) is 0 Å². The van der Waals surface area contributed by atoms with E-state index in [9.17, 15) is 18.0 Å². The van der Waals surface area contributed by atoms with E-state index in [1.165, 1.54) is 27.9 Å². The first kappa shape index (κ1) is 18.2. The van der Waals surface area contributed by atoms with Crippen molar-refractivity contribution in [3.8, 4) is 0 Å². The zero-order valence-electron chi connectivity index (χ0n) is 14.4. The van der Waals surface area contributed by atoms with Crippen molar-refractivity contribution in [3.05, 3.63) is 69.1 Å². The van der Waals surface area contributed by atoms with Gasteiger partial charge in [0, 0.05) is 30.2 Å². The Morgan fingerprint density at radius 2 is 2.07 bits per heavy atom. The Kier molecular flexibility index (Phi) is 4.77. The number of thiazole rings is 1. The third-order valence-corrected chi connectivity index (χ3v) is 5.84. The molecule has 0 amide bonds. The van der Waals surface area contributed by atoms with E-state index < -0.39 is 11.7 Å². The summed E-state index contributed by atoms with van der Waals surface area (Å²) in [5, 5.41) is 5.13. The van der Waals surface area contributed by atoms with Crippen LogP contribution in [0.2, 0.25) is 0 Å². The van der Waals surface area contributed by atoms with Gasteiger partial charge in [0.25, 0.3) is 5.56 Å². The van der Waals surface area contributed by atoms with E-state index in [1.807, 2.05) is 0 Å². The number of fused-ring (bicyclic) bond motifs is 1. The minimum atomic E-state index is -4.36. The summed E-state index contributed by atoms with van der Waals surface area (Å²) in [6.07, 6.45) is -0.297. The molecule has 0 saturated heterocycles. The molecule has 2 atom stereocenters. The predicted octanol–water partition coefficient (Wildman–Crippen LogP) is 4.20. The molecule has 4 nitrogen and oxygen atoms in total. The molecule has 0 unspecified atom stereocenters. The van der Waals surface area contributed by atoms with E-state index in [-0.39, 0.29) is 17.5 Å². The molecule has 0 aliphatic heterocycles. The average Bonchev–Trinajstić information content (AvgIpc) is 3.28. The Balaban J connectivity index is 1.55. The maximum Gasteiger partial charge on any atom is 0.416 e. The maximum atomic E-state index is 13.4. The zero-order valence-corrected chi connectivity index (χ0v) is 15.2. The van der Waals surface area contributed by atoms with Crippen LogP contribution in [0.15, 0.2) is 46.7 Å². The van der Waals surface area contributed by atoms with Crippen molar-refractivity contribution in [2.75, 3.05) is 0 Å². The molecule has 1 saturated carbocycles. The van der Waals surface area contributed by atoms with Gasteiger partial charge in [-0.1, -0.05) is 24.6 Å². The van der Waals surface area contributed by atoms with E-state index in [0.29, 0.717) is 29.2 Å². The Bertz CT molecular complexity index is 1010. The van der Waals surface area contributed by atoms with Gasteiger partial charge in [-0.15, -0.1) is 11.3 Å². The summed E-state index contributed by atoms with van der Waals surface area (Å²) in [5.74, 6) is -0.200. The summed E-state index contributed by atoms with van der Waals surface area (Å²) in [5.41, 5.74) is 0.252. The summed E-state index contributed by atoms with van der Waals surface area (Å²) >= 11 is 1.37. The number of benzene rings is 1. The van der Waals surface area contributed by atoms with Gasteiger partial charge in [-0.2, -0.15) is 13.2 Å². The number of rotatable bonds is 4. The number of halogens is 3. The molecule has 0 radical (unpaired) electrons. The molecule has 3 aromatic rings. The molecule has 1 N–H and O–H groups in total. The molecule has 1 aliphatic carbocycles. The lowest BCUT2D eigenvalue weighted by Crippen LogP contribution is -2.32. The second-order valence-corrected chi connectivity index (χ2v) is 7.62. The highest BCUT2D eigenvalue weighted by Crippen LogP contribution is 2.41. The van der Waals surface area contributed by atoms with Crippen LogP contribution in [0.25, 0.3) is 4.96 Å². The monoisotopic (exact) mass is 393 g/mol. The summed E-state index contributed by atoms with van der Waals surface area (Å²) in [4.78, 5) is 17.1. The van der Waals surface area contributed by atoms with Gasteiger partial charge in [-0.05, 0) is 30.4 Å². The largest absolute Gasteiger partial charge is 0.416 e. The van der Waals surface area contributed by atoms with Crippen LogP contribution < -0.4 is 10.9 Å². The molecular formula is C19H18F3N3OS. The SMILES string of the molecule is O=c1cc(CN[C@@H]2CCC[C@H]2c2ccccc2C(F)(F)F)nc2sccn12. The van der Waals surface area contributed by atoms with E-state index in [0.717, 1.165) is 18.9 Å². The number of nitrogens with zero attached hydrogens (tertiary/aromatic N) is 2. The normalized spacial score (nSPS) is 20.4. The molecule has 2 aromatic heterocycles. The van der Waals surface area contributed by atoms with Gasteiger partial charge in [0.15, 0.2) is 4.96 Å². The van der Waals surface area contributed by atoms with Crippen molar-refractivity contribution >= 4 is 16.3 Å². The standard InChI is InChI=1S/C19H18F3N3OS/c20-19(21,22)15-6-2-1-4-13(15)14-5-3-7-16(14)23-11-12-10-17(26)25-8-9-27-18(25)24-12/h1-2,4,6,8-10,14,16,23H,3,5,7,11H2/t14-,16+/m0/s1. The smallest absolute Gasteiger partial charge is 0.308 e. The lowest BCUT2D eigenvalue weighted by molar-refractivity contribution is -0.138. The highest BCUT2D eigenvalue weighted by Gasteiger charge is 2.38. The molecule has 1 aromatic carbocycles. The number of alkyl halides is 3. The molecule has 0 bridgehead atoms. The maximum absolute atomic E-state index is 13.4. The van der Waals surface area contributed by atoms with Crippen LogP contribution in [0.1, 0.15) is 42.0 Å². The fourth-order valence-corrected chi connectivity index (χ4v) is 4.61. The second kappa shape index (κ2) is 7.09. The lowest BCUT2D eigenvalue weighted by atomic mass is 9.89. The van der Waals surface area contributed by atoms with Gasteiger partial charge in [-0.25, -0.2) is 4.98 Å². The van der Waals surface area contributed by atoms with Gasteiger partial charge < -0.3 is 5.32 Å². The molecule has 4 rings (SSSR count). The van der Waals surface area contributed by atoms with Gasteiger partial charge in [0.1, 0.15) is 0 Å². The highest BCUT2D eigenvalue weighted by molar-refractivity contribution is 7.15. The third kappa shape index (κ3) is 3.64. The lowest BCUT2D eigenvalue weighted by Gasteiger charge is -2.24. The van der Waals surface area contributed by atoms with Gasteiger partial charge >= 0.3 is 6.18 Å². The molecule has 1 fully saturated rings. The summed E-state index contributed by atoms with van der Waals surface area (Å²) in [6.45, 7) is 0.360. The minimum Gasteiger partial charge on any atom is -0.308 e. The molecule has 1 aliphatic rings. The summed E-state index contributed by atoms with van der Waals surface area (Å²) in [6, 6.07) is 7.22. The molecule has 0 spiro atoms. The quantitative estimate of drug-likeness (QED) is 0.723. The van der Waals surface area contributed by atoms with Crippen molar-refractivity contribution in [3.63, 3.8) is 0 Å². The van der Waals surface area contributed by atoms with Crippen LogP contribution in [0.3, 0.4) is 0 Å². The topological polar surface area (TPSA) is 46.4 Å². The van der Waals surface area contributed by atoms with Crippen LogP contribution >= 0.6 is 11.3 Å². The first-order chi connectivity index (χ1) is 12.9.